The second-order valence-corrected chi connectivity index (χ2v) is 9.21. The molecule has 7 nitrogen and oxygen atoms in total. The van der Waals surface area contributed by atoms with E-state index >= 15 is 0 Å². The summed E-state index contributed by atoms with van der Waals surface area (Å²) in [6.07, 6.45) is 1.96. The molecule has 1 unspecified atom stereocenters. The number of fused-ring (bicyclic) bond motifs is 1. The molecule has 2 heterocycles. The van der Waals surface area contributed by atoms with E-state index < -0.39 is 11.9 Å². The molecular formula is C22H23N3O4S. The van der Waals surface area contributed by atoms with Crippen LogP contribution in [0.4, 0.5) is 5.82 Å². The number of carbonyl (C=O) groups excluding carboxylic acids is 2. The number of hydrogen-bond acceptors (Lipinski definition) is 7. The number of thioether (sulfide) groups is 1. The fraction of sp³-hybridized carbons (Fsp3) is 0.364. The number of esters is 1. The number of nitrogens with zero attached hydrogens (tertiary/aromatic N) is 1. The van der Waals surface area contributed by atoms with Gasteiger partial charge >= 0.3 is 5.97 Å². The second-order valence-electron chi connectivity index (χ2n) is 7.64. The van der Waals surface area contributed by atoms with Crippen LogP contribution in [0.5, 0.6) is 0 Å². The van der Waals surface area contributed by atoms with Gasteiger partial charge in [-0.3, -0.25) is 9.59 Å². The maximum atomic E-state index is 13.1. The molecule has 0 radical (unpaired) electrons. The lowest BCUT2D eigenvalue weighted by atomic mass is 9.76. The number of ether oxygens (including phenoxy) is 1. The number of aromatic nitrogens is 2. The minimum Gasteiger partial charge on any atom is -0.465 e. The molecule has 0 amide bonds. The fourth-order valence-corrected chi connectivity index (χ4v) is 4.72. The fourth-order valence-electron chi connectivity index (χ4n) is 3.98. The number of nitrogens with one attached hydrogen (secondary N) is 2. The molecule has 0 fully saturated rings. The van der Waals surface area contributed by atoms with Crippen molar-refractivity contribution in [3.8, 4) is 0 Å². The number of ketones is 1. The maximum Gasteiger partial charge on any atom is 0.337 e. The van der Waals surface area contributed by atoms with Gasteiger partial charge in [-0.2, -0.15) is 0 Å². The highest BCUT2D eigenvalue weighted by molar-refractivity contribution is 7.99. The summed E-state index contributed by atoms with van der Waals surface area (Å²) >= 11 is 1.48. The molecule has 2 aromatic rings. The maximum absolute atomic E-state index is 13.1. The lowest BCUT2D eigenvalue weighted by Crippen LogP contribution is -2.32. The zero-order valence-electron chi connectivity index (χ0n) is 17.1. The molecule has 1 aliphatic carbocycles. The smallest absolute Gasteiger partial charge is 0.337 e. The number of H-pyrrole nitrogens is 1. The summed E-state index contributed by atoms with van der Waals surface area (Å²) in [4.78, 5) is 45.3. The quantitative estimate of drug-likeness (QED) is 0.438. The number of carbonyl (C=O) groups is 2. The van der Waals surface area contributed by atoms with Gasteiger partial charge in [0.25, 0.3) is 5.56 Å². The van der Waals surface area contributed by atoms with Gasteiger partial charge in [0.1, 0.15) is 5.82 Å². The summed E-state index contributed by atoms with van der Waals surface area (Å²) in [6, 6.07) is 6.85. The largest absolute Gasteiger partial charge is 0.465 e. The predicted molar refractivity (Wildman–Crippen MR) is 115 cm³/mol. The molecule has 4 rings (SSSR count). The van der Waals surface area contributed by atoms with Gasteiger partial charge in [-0.1, -0.05) is 37.7 Å². The van der Waals surface area contributed by atoms with Gasteiger partial charge in [-0.05, 0) is 30.5 Å². The summed E-state index contributed by atoms with van der Waals surface area (Å²) in [5.74, 6) is -0.422. The highest BCUT2D eigenvalue weighted by Gasteiger charge is 2.37. The lowest BCUT2D eigenvalue weighted by Gasteiger charge is -2.32. The van der Waals surface area contributed by atoms with Crippen molar-refractivity contribution in [2.45, 2.75) is 49.4 Å². The van der Waals surface area contributed by atoms with Crippen LogP contribution in [0.3, 0.4) is 0 Å². The average Bonchev–Trinajstić information content (AvgIpc) is 2.71. The van der Waals surface area contributed by atoms with Crippen molar-refractivity contribution in [3.63, 3.8) is 0 Å². The van der Waals surface area contributed by atoms with E-state index in [0.717, 1.165) is 24.1 Å². The second kappa shape index (κ2) is 8.10. The van der Waals surface area contributed by atoms with E-state index in [4.69, 9.17) is 4.74 Å². The summed E-state index contributed by atoms with van der Waals surface area (Å²) in [5.41, 5.74) is 2.81. The number of methoxy groups -OCH3 is 1. The van der Waals surface area contributed by atoms with E-state index in [-0.39, 0.29) is 16.6 Å². The topological polar surface area (TPSA) is 101 Å². The van der Waals surface area contributed by atoms with Crippen LogP contribution in [0.25, 0.3) is 0 Å². The van der Waals surface area contributed by atoms with Crippen molar-refractivity contribution in [2.24, 2.45) is 0 Å². The normalized spacial score (nSPS) is 18.0. The first kappa shape index (κ1) is 20.4. The molecule has 0 spiro atoms. The molecule has 8 heteroatoms. The number of rotatable bonds is 4. The van der Waals surface area contributed by atoms with E-state index in [1.165, 1.54) is 18.9 Å². The van der Waals surface area contributed by atoms with Gasteiger partial charge in [0.15, 0.2) is 10.9 Å². The first-order chi connectivity index (χ1) is 14.4. The Balaban J connectivity index is 1.87. The SMILES string of the molecule is COC(=O)c1ccc(C2C3=C(CCCC3=O)Nc3nc(SC(C)C)[nH]c(=O)c32)cc1. The van der Waals surface area contributed by atoms with E-state index in [1.807, 2.05) is 13.8 Å². The Labute approximate surface area is 178 Å². The van der Waals surface area contributed by atoms with Gasteiger partial charge in [-0.25, -0.2) is 9.78 Å². The Morgan fingerprint density at radius 3 is 2.60 bits per heavy atom. The molecular weight excluding hydrogens is 402 g/mol. The van der Waals surface area contributed by atoms with Crippen molar-refractivity contribution in [1.29, 1.82) is 0 Å². The van der Waals surface area contributed by atoms with Gasteiger partial charge in [0.2, 0.25) is 0 Å². The van der Waals surface area contributed by atoms with E-state index in [0.29, 0.717) is 34.1 Å². The zero-order valence-corrected chi connectivity index (χ0v) is 17.9. The number of aromatic amines is 1. The van der Waals surface area contributed by atoms with Crippen LogP contribution in [0.2, 0.25) is 0 Å². The molecule has 0 saturated carbocycles. The molecule has 156 valence electrons. The molecule has 0 saturated heterocycles. The van der Waals surface area contributed by atoms with Gasteiger partial charge in [-0.15, -0.1) is 0 Å². The Morgan fingerprint density at radius 1 is 1.20 bits per heavy atom. The molecule has 2 N–H and O–H groups in total. The standard InChI is InChI=1S/C22H23N3O4S/c1-11(2)30-22-24-19-18(20(27)25-22)16(17-14(23-19)5-4-6-15(17)26)12-7-9-13(10-8-12)21(28)29-3/h7-11,16H,4-6H2,1-3H3,(H2,23,24,25,27). The third kappa shape index (κ3) is 3.67. The third-order valence-corrected chi connectivity index (χ3v) is 6.14. The minimum absolute atomic E-state index is 0.0384. The zero-order chi connectivity index (χ0) is 21.4. The molecule has 1 aromatic carbocycles. The van der Waals surface area contributed by atoms with Crippen LogP contribution in [0.1, 0.15) is 60.5 Å². The molecule has 1 aliphatic heterocycles. The van der Waals surface area contributed by atoms with Gasteiger partial charge in [0, 0.05) is 28.9 Å². The van der Waals surface area contributed by atoms with Crippen molar-refractivity contribution in [3.05, 3.63) is 62.6 Å². The van der Waals surface area contributed by atoms with Crippen LogP contribution >= 0.6 is 11.8 Å². The van der Waals surface area contributed by atoms with E-state index in [2.05, 4.69) is 15.3 Å². The van der Waals surface area contributed by atoms with Crippen LogP contribution in [-0.4, -0.2) is 34.1 Å². The number of hydrogen-bond donors (Lipinski definition) is 2. The average molecular weight is 426 g/mol. The van der Waals surface area contributed by atoms with Crippen LogP contribution in [0.15, 0.2) is 45.5 Å². The van der Waals surface area contributed by atoms with Gasteiger partial charge < -0.3 is 15.0 Å². The van der Waals surface area contributed by atoms with Crippen molar-refractivity contribution >= 4 is 29.3 Å². The predicted octanol–water partition coefficient (Wildman–Crippen LogP) is 3.62. The first-order valence-corrected chi connectivity index (χ1v) is 10.8. The highest BCUT2D eigenvalue weighted by atomic mass is 32.2. The number of allylic oxidation sites excluding steroid dienone is 2. The van der Waals surface area contributed by atoms with Crippen LogP contribution in [-0.2, 0) is 9.53 Å². The number of benzene rings is 1. The monoisotopic (exact) mass is 425 g/mol. The molecule has 30 heavy (non-hydrogen) atoms. The summed E-state index contributed by atoms with van der Waals surface area (Å²) < 4.78 is 4.76. The van der Waals surface area contributed by atoms with Crippen LogP contribution in [0, 0.1) is 0 Å². The number of anilines is 1. The minimum atomic E-state index is -0.523. The van der Waals surface area contributed by atoms with Gasteiger partial charge in [0.05, 0.1) is 18.2 Å². The van der Waals surface area contributed by atoms with Crippen molar-refractivity contribution < 1.29 is 14.3 Å². The molecule has 1 atom stereocenters. The van der Waals surface area contributed by atoms with Crippen molar-refractivity contribution in [1.82, 2.24) is 9.97 Å². The lowest BCUT2D eigenvalue weighted by molar-refractivity contribution is -0.116. The Bertz CT molecular complexity index is 1100. The third-order valence-electron chi connectivity index (χ3n) is 5.25. The summed E-state index contributed by atoms with van der Waals surface area (Å²) in [5, 5.41) is 4.08. The highest BCUT2D eigenvalue weighted by Crippen LogP contribution is 2.43. The Kier molecular flexibility index (Phi) is 5.51. The molecule has 2 aliphatic rings. The summed E-state index contributed by atoms with van der Waals surface area (Å²) in [7, 11) is 1.33. The van der Waals surface area contributed by atoms with E-state index in [9.17, 15) is 14.4 Å². The van der Waals surface area contributed by atoms with E-state index in [1.54, 1.807) is 24.3 Å². The number of Topliss-reactive ketones (excluding diaryl/α,β-unsaturated/α-hetero) is 1. The molecule has 1 aromatic heterocycles. The Hall–Kier alpha value is -2.87. The first-order valence-electron chi connectivity index (χ1n) is 9.91. The Morgan fingerprint density at radius 2 is 1.93 bits per heavy atom. The van der Waals surface area contributed by atoms with Crippen LogP contribution < -0.4 is 10.9 Å². The molecule has 0 bridgehead atoms. The van der Waals surface area contributed by atoms with Crippen molar-refractivity contribution in [2.75, 3.05) is 12.4 Å². The summed E-state index contributed by atoms with van der Waals surface area (Å²) in [6.45, 7) is 4.06.